The van der Waals surface area contributed by atoms with Crippen LogP contribution in [-0.4, -0.2) is 65.9 Å². The van der Waals surface area contributed by atoms with E-state index in [0.717, 1.165) is 60.4 Å². The summed E-state index contributed by atoms with van der Waals surface area (Å²) in [5, 5.41) is 13.5. The number of aryl methyl sites for hydroxylation is 1. The monoisotopic (exact) mass is 668 g/mol. The minimum atomic E-state index is -0.294. The Bertz CT molecular complexity index is 1590. The second-order valence-electron chi connectivity index (χ2n) is 14.1. The van der Waals surface area contributed by atoms with Gasteiger partial charge in [0.1, 0.15) is 12.4 Å². The molecule has 9 nitrogen and oxygen atoms in total. The number of hydrogen-bond acceptors (Lipinski definition) is 6. The fraction of sp³-hybridized carbons (Fsp3) is 0.550. The number of aromatic nitrogens is 2. The molecule has 6 rings (SSSR count). The maximum absolute atomic E-state index is 14.4. The van der Waals surface area contributed by atoms with E-state index in [1.54, 1.807) is 7.11 Å². The summed E-state index contributed by atoms with van der Waals surface area (Å²) in [5.41, 5.74) is 6.62. The van der Waals surface area contributed by atoms with Gasteiger partial charge < -0.3 is 19.5 Å². The van der Waals surface area contributed by atoms with Crippen LogP contribution in [0.25, 0.3) is 11.1 Å². The Morgan fingerprint density at radius 2 is 1.80 bits per heavy atom. The number of rotatable bonds is 14. The van der Waals surface area contributed by atoms with Gasteiger partial charge in [-0.2, -0.15) is 5.10 Å². The summed E-state index contributed by atoms with van der Waals surface area (Å²) in [6, 6.07) is 15.6. The zero-order valence-corrected chi connectivity index (χ0v) is 29.2. The molecule has 0 saturated heterocycles. The van der Waals surface area contributed by atoms with Gasteiger partial charge in [0.2, 0.25) is 5.91 Å². The fourth-order valence-corrected chi connectivity index (χ4v) is 7.53. The maximum Gasteiger partial charge on any atom is 0.271 e. The van der Waals surface area contributed by atoms with E-state index in [1.807, 2.05) is 6.20 Å². The van der Waals surface area contributed by atoms with Gasteiger partial charge in [-0.3, -0.25) is 14.3 Å². The van der Waals surface area contributed by atoms with Gasteiger partial charge in [0.15, 0.2) is 0 Å². The molecule has 0 aliphatic heterocycles. The summed E-state index contributed by atoms with van der Waals surface area (Å²) in [4.78, 5) is 33.1. The Hall–Kier alpha value is -3.82. The molecule has 262 valence electrons. The molecular weight excluding hydrogens is 616 g/mol. The summed E-state index contributed by atoms with van der Waals surface area (Å²) in [7, 11) is 1.74. The molecule has 1 N–H and O–H groups in total. The number of ether oxygens (including phenoxy) is 2. The normalized spacial score (nSPS) is 21.0. The van der Waals surface area contributed by atoms with Crippen LogP contribution >= 0.6 is 0 Å². The third kappa shape index (κ3) is 9.05. The SMILES string of the molecule is CCc1cc(C2CCC(CN(C(=O)C3CCC(=NC(=O)COCCCO)CC3)c3cccc(-c4cnn(C5CC5)c4)c3)CC2)ccc1OC. The minimum Gasteiger partial charge on any atom is -0.496 e. The molecule has 1 heterocycles. The number of hydrogen-bond donors (Lipinski definition) is 1. The van der Waals surface area contributed by atoms with Crippen molar-refractivity contribution in [1.29, 1.82) is 0 Å². The summed E-state index contributed by atoms with van der Waals surface area (Å²) in [6.45, 7) is 3.19. The molecule has 0 radical (unpaired) electrons. The van der Waals surface area contributed by atoms with Crippen LogP contribution in [0.3, 0.4) is 0 Å². The molecule has 3 aromatic rings. The van der Waals surface area contributed by atoms with Crippen molar-refractivity contribution in [3.8, 4) is 16.9 Å². The molecule has 0 unspecified atom stereocenters. The summed E-state index contributed by atoms with van der Waals surface area (Å²) < 4.78 is 13.0. The Kier molecular flexibility index (Phi) is 12.0. The average Bonchev–Trinajstić information content (AvgIpc) is 3.88. The second-order valence-corrected chi connectivity index (χ2v) is 14.1. The van der Waals surface area contributed by atoms with Crippen LogP contribution in [0.5, 0.6) is 5.75 Å². The molecule has 9 heteroatoms. The quantitative estimate of drug-likeness (QED) is 0.181. The van der Waals surface area contributed by atoms with Crippen LogP contribution in [0, 0.1) is 11.8 Å². The van der Waals surface area contributed by atoms with Gasteiger partial charge in [-0.25, -0.2) is 4.99 Å². The van der Waals surface area contributed by atoms with Crippen molar-refractivity contribution in [2.75, 3.05) is 38.4 Å². The van der Waals surface area contributed by atoms with E-state index in [9.17, 15) is 9.59 Å². The lowest BCUT2D eigenvalue weighted by molar-refractivity contribution is -0.123. The summed E-state index contributed by atoms with van der Waals surface area (Å²) >= 11 is 0. The Labute approximate surface area is 290 Å². The lowest BCUT2D eigenvalue weighted by Gasteiger charge is -2.35. The van der Waals surface area contributed by atoms with Crippen molar-refractivity contribution in [2.45, 2.75) is 95.9 Å². The first-order chi connectivity index (χ1) is 23.9. The van der Waals surface area contributed by atoms with Crippen LogP contribution in [0.15, 0.2) is 59.9 Å². The Morgan fingerprint density at radius 1 is 1.00 bits per heavy atom. The molecule has 0 atom stereocenters. The average molecular weight is 669 g/mol. The van der Waals surface area contributed by atoms with Crippen molar-refractivity contribution in [2.24, 2.45) is 16.8 Å². The largest absolute Gasteiger partial charge is 0.496 e. The van der Waals surface area contributed by atoms with E-state index < -0.39 is 0 Å². The maximum atomic E-state index is 14.4. The number of aliphatic hydroxyl groups excluding tert-OH is 1. The van der Waals surface area contributed by atoms with E-state index in [2.05, 4.69) is 75.3 Å². The van der Waals surface area contributed by atoms with E-state index >= 15 is 0 Å². The zero-order chi connectivity index (χ0) is 34.2. The van der Waals surface area contributed by atoms with Crippen molar-refractivity contribution >= 4 is 23.2 Å². The van der Waals surface area contributed by atoms with E-state index in [4.69, 9.17) is 14.6 Å². The van der Waals surface area contributed by atoms with E-state index in [-0.39, 0.29) is 30.9 Å². The van der Waals surface area contributed by atoms with Crippen LogP contribution in [0.2, 0.25) is 0 Å². The third-order valence-corrected chi connectivity index (χ3v) is 10.6. The minimum absolute atomic E-state index is 0.0371. The van der Waals surface area contributed by atoms with Crippen molar-refractivity contribution in [3.05, 3.63) is 66.0 Å². The van der Waals surface area contributed by atoms with Crippen LogP contribution in [-0.2, 0) is 20.7 Å². The smallest absolute Gasteiger partial charge is 0.271 e. The van der Waals surface area contributed by atoms with E-state index in [0.29, 0.717) is 63.1 Å². The standard InChI is InChI=1S/C40H52N4O5/c1-3-29-22-33(14-19-38(29)48-2)30-10-8-28(9-11-30)25-43(37-7-4-6-32(23-37)34-24-41-44(26-34)36-17-18-36)40(47)31-12-15-35(16-13-31)42-39(46)27-49-21-5-20-45/h4,6-7,14,19,22-24,26,28,30-31,36,45H,3,5,8-13,15-18,20-21,25,27H2,1-2H3. The first kappa shape index (κ1) is 35.0. The Balaban J connectivity index is 1.14. The zero-order valence-electron chi connectivity index (χ0n) is 29.2. The van der Waals surface area contributed by atoms with Gasteiger partial charge in [0, 0.05) is 48.8 Å². The van der Waals surface area contributed by atoms with Gasteiger partial charge in [0.25, 0.3) is 5.91 Å². The molecule has 3 aliphatic rings. The highest BCUT2D eigenvalue weighted by molar-refractivity contribution is 6.00. The van der Waals surface area contributed by atoms with Crippen LogP contribution in [0.4, 0.5) is 5.69 Å². The van der Waals surface area contributed by atoms with Crippen molar-refractivity contribution in [1.82, 2.24) is 9.78 Å². The topological polar surface area (TPSA) is 106 Å². The number of carbonyl (C=O) groups excluding carboxylic acids is 2. The molecule has 2 amide bonds. The number of aliphatic imine (C=N–C) groups is 1. The highest BCUT2D eigenvalue weighted by Gasteiger charge is 2.32. The first-order valence-corrected chi connectivity index (χ1v) is 18.4. The van der Waals surface area contributed by atoms with Gasteiger partial charge in [-0.15, -0.1) is 0 Å². The third-order valence-electron chi connectivity index (χ3n) is 10.6. The first-order valence-electron chi connectivity index (χ1n) is 18.4. The van der Waals surface area contributed by atoms with Gasteiger partial charge in [-0.05, 0) is 124 Å². The highest BCUT2D eigenvalue weighted by atomic mass is 16.5. The molecule has 0 spiro atoms. The molecule has 3 fully saturated rings. The lowest BCUT2D eigenvalue weighted by atomic mass is 9.78. The number of aliphatic hydroxyl groups is 1. The van der Waals surface area contributed by atoms with Crippen LogP contribution in [0.1, 0.15) is 101 Å². The predicted octanol–water partition coefficient (Wildman–Crippen LogP) is 7.32. The molecule has 3 aliphatic carbocycles. The number of amides is 2. The van der Waals surface area contributed by atoms with Gasteiger partial charge in [0.05, 0.1) is 19.3 Å². The number of carbonyl (C=O) groups is 2. The summed E-state index contributed by atoms with van der Waals surface area (Å²) in [6.07, 6.45) is 14.9. The van der Waals surface area contributed by atoms with Crippen molar-refractivity contribution in [3.63, 3.8) is 0 Å². The fourth-order valence-electron chi connectivity index (χ4n) is 7.53. The molecular formula is C40H52N4O5. The molecule has 2 aromatic carbocycles. The highest BCUT2D eigenvalue weighted by Crippen LogP contribution is 2.40. The van der Waals surface area contributed by atoms with Crippen molar-refractivity contribution < 1.29 is 24.2 Å². The van der Waals surface area contributed by atoms with E-state index in [1.165, 1.54) is 24.0 Å². The number of methoxy groups -OCH3 is 1. The molecule has 3 saturated carbocycles. The Morgan fingerprint density at radius 3 is 2.51 bits per heavy atom. The van der Waals surface area contributed by atoms with Gasteiger partial charge >= 0.3 is 0 Å². The summed E-state index contributed by atoms with van der Waals surface area (Å²) in [5.74, 6) is 1.69. The predicted molar refractivity (Wildman–Crippen MR) is 192 cm³/mol. The van der Waals surface area contributed by atoms with Crippen LogP contribution < -0.4 is 9.64 Å². The molecule has 0 bridgehead atoms. The number of nitrogens with zero attached hydrogens (tertiary/aromatic N) is 4. The number of anilines is 1. The second kappa shape index (κ2) is 16.7. The number of benzene rings is 2. The molecule has 49 heavy (non-hydrogen) atoms. The molecule has 1 aromatic heterocycles. The van der Waals surface area contributed by atoms with Gasteiger partial charge in [-0.1, -0.05) is 31.2 Å². The lowest BCUT2D eigenvalue weighted by Crippen LogP contribution is -2.41.